The summed E-state index contributed by atoms with van der Waals surface area (Å²) in [6.45, 7) is -1.53. The molecule has 3 atom stereocenters. The first-order chi connectivity index (χ1) is 9.47. The molecule has 3 N–H and O–H groups in total. The lowest BCUT2D eigenvalue weighted by Crippen LogP contribution is -2.24. The van der Waals surface area contributed by atoms with Gasteiger partial charge in [0.05, 0.1) is 13.2 Å². The van der Waals surface area contributed by atoms with Gasteiger partial charge in [-0.2, -0.15) is 0 Å². The van der Waals surface area contributed by atoms with Crippen LogP contribution in [0, 0.1) is 0 Å². The van der Waals surface area contributed by atoms with Crippen LogP contribution < -0.4 is 0 Å². The summed E-state index contributed by atoms with van der Waals surface area (Å²) in [7, 11) is -10.6. The molecule has 128 valence electrons. The van der Waals surface area contributed by atoms with E-state index in [0.29, 0.717) is 0 Å². The van der Waals surface area contributed by atoms with Crippen LogP contribution in [0.4, 0.5) is 0 Å². The van der Waals surface area contributed by atoms with Crippen LogP contribution in [0.2, 0.25) is 0 Å². The molecule has 12 nitrogen and oxygen atoms in total. The van der Waals surface area contributed by atoms with Crippen LogP contribution in [-0.2, 0) is 40.8 Å². The molecular weight excluding hydrogens is 357 g/mol. The van der Waals surface area contributed by atoms with Gasteiger partial charge in [-0.05, 0) is 0 Å². The Morgan fingerprint density at radius 2 is 1.10 bits per heavy atom. The van der Waals surface area contributed by atoms with Gasteiger partial charge in [-0.1, -0.05) is 0 Å². The molecule has 0 spiro atoms. The lowest BCUT2D eigenvalue weighted by Gasteiger charge is -2.21. The van der Waals surface area contributed by atoms with Gasteiger partial charge in [0.1, 0.15) is 6.10 Å². The minimum atomic E-state index is -4.49. The molecule has 0 saturated carbocycles. The lowest BCUT2D eigenvalue weighted by atomic mass is 10.4. The Balaban J connectivity index is 4.74. The fourth-order valence-electron chi connectivity index (χ4n) is 0.800. The van der Waals surface area contributed by atoms with Crippen LogP contribution in [0.25, 0.3) is 0 Å². The third-order valence-electron chi connectivity index (χ3n) is 1.82. The van der Waals surface area contributed by atoms with E-state index in [0.717, 1.165) is 21.3 Å². The molecule has 0 heterocycles. The van der Waals surface area contributed by atoms with Gasteiger partial charge >= 0.3 is 23.5 Å². The van der Waals surface area contributed by atoms with Gasteiger partial charge in [-0.3, -0.25) is 27.1 Å². The van der Waals surface area contributed by atoms with E-state index < -0.39 is 42.8 Å². The Kier molecular flexibility index (Phi) is 8.97. The maximum absolute atomic E-state index is 11.3. The standard InChI is InChI=1S/C6H17O12P3/c1-13-19(7,8)16-4-6(18-21(11,12)15-3)5-17-20(9,10)14-2/h6H,4-5H2,1-3H3,(H,7,8)(H,9,10)(H,11,12). The predicted octanol–water partition coefficient (Wildman–Crippen LogP) is 0.645. The number of hydrogen-bond donors (Lipinski definition) is 3. The van der Waals surface area contributed by atoms with Crippen LogP contribution in [0.15, 0.2) is 0 Å². The highest BCUT2D eigenvalue weighted by molar-refractivity contribution is 7.48. The van der Waals surface area contributed by atoms with Crippen molar-refractivity contribution >= 4 is 23.5 Å². The van der Waals surface area contributed by atoms with Gasteiger partial charge in [0, 0.05) is 21.3 Å². The van der Waals surface area contributed by atoms with Crippen molar-refractivity contribution in [3.8, 4) is 0 Å². The average molecular weight is 374 g/mol. The zero-order chi connectivity index (χ0) is 16.7. The summed E-state index contributed by atoms with van der Waals surface area (Å²) in [5.41, 5.74) is 0. The van der Waals surface area contributed by atoms with Gasteiger partial charge in [0.15, 0.2) is 0 Å². The van der Waals surface area contributed by atoms with Crippen molar-refractivity contribution in [2.75, 3.05) is 34.5 Å². The molecule has 0 fully saturated rings. The number of rotatable bonds is 11. The first-order valence-electron chi connectivity index (χ1n) is 5.10. The summed E-state index contributed by atoms with van der Waals surface area (Å²) < 4.78 is 59.2. The fourth-order valence-corrected chi connectivity index (χ4v) is 2.31. The highest BCUT2D eigenvalue weighted by Gasteiger charge is 2.31. The minimum Gasteiger partial charge on any atom is -0.303 e. The predicted molar refractivity (Wildman–Crippen MR) is 67.3 cm³/mol. The number of phosphoric acid groups is 3. The Morgan fingerprint density at radius 3 is 1.38 bits per heavy atom. The zero-order valence-corrected chi connectivity index (χ0v) is 14.0. The second-order valence-corrected chi connectivity index (χ2v) is 7.91. The molecule has 0 rings (SSSR count). The normalized spacial score (nSPS) is 22.0. The van der Waals surface area contributed by atoms with E-state index in [1.165, 1.54) is 0 Å². The molecular formula is C6H17O12P3. The third-order valence-corrected chi connectivity index (χ3v) is 4.72. The molecule has 0 aliphatic rings. The van der Waals surface area contributed by atoms with Crippen LogP contribution in [0.5, 0.6) is 0 Å². The van der Waals surface area contributed by atoms with Crippen LogP contribution in [0.3, 0.4) is 0 Å². The van der Waals surface area contributed by atoms with Crippen molar-refractivity contribution < 1.29 is 55.5 Å². The summed E-state index contributed by atoms with van der Waals surface area (Å²) in [5, 5.41) is 0. The maximum Gasteiger partial charge on any atom is 0.472 e. The summed E-state index contributed by atoms with van der Waals surface area (Å²) in [5.74, 6) is 0. The molecule has 3 unspecified atom stereocenters. The Bertz CT molecular complexity index is 422. The largest absolute Gasteiger partial charge is 0.472 e. The lowest BCUT2D eigenvalue weighted by molar-refractivity contribution is 0.0268. The number of phosphoric ester groups is 3. The van der Waals surface area contributed by atoms with Crippen molar-refractivity contribution in [3.63, 3.8) is 0 Å². The summed E-state index contributed by atoms with van der Waals surface area (Å²) in [6, 6.07) is 0. The van der Waals surface area contributed by atoms with E-state index in [-0.39, 0.29) is 0 Å². The summed E-state index contributed by atoms with van der Waals surface area (Å²) >= 11 is 0. The Labute approximate surface area is 120 Å². The molecule has 21 heavy (non-hydrogen) atoms. The molecule has 0 aliphatic heterocycles. The topological polar surface area (TPSA) is 167 Å². The fraction of sp³-hybridized carbons (Fsp3) is 1.00. The average Bonchev–Trinajstić information content (AvgIpc) is 2.42. The van der Waals surface area contributed by atoms with E-state index >= 15 is 0 Å². The Morgan fingerprint density at radius 1 is 0.762 bits per heavy atom. The second kappa shape index (κ2) is 8.83. The van der Waals surface area contributed by atoms with Gasteiger partial charge in [-0.15, -0.1) is 0 Å². The monoisotopic (exact) mass is 374 g/mol. The van der Waals surface area contributed by atoms with Gasteiger partial charge < -0.3 is 14.7 Å². The van der Waals surface area contributed by atoms with Crippen LogP contribution in [-0.4, -0.2) is 55.3 Å². The quantitative estimate of drug-likeness (QED) is 0.432. The Hall–Kier alpha value is 0.330. The first-order valence-corrected chi connectivity index (χ1v) is 9.58. The molecule has 0 aromatic carbocycles. The minimum absolute atomic E-state index is 0.765. The van der Waals surface area contributed by atoms with Crippen molar-refractivity contribution in [1.82, 2.24) is 0 Å². The van der Waals surface area contributed by atoms with Crippen LogP contribution in [0.1, 0.15) is 0 Å². The van der Waals surface area contributed by atoms with E-state index in [4.69, 9.17) is 14.7 Å². The molecule has 0 aromatic heterocycles. The number of hydrogen-bond acceptors (Lipinski definition) is 9. The zero-order valence-electron chi connectivity index (χ0n) is 11.3. The highest BCUT2D eigenvalue weighted by Crippen LogP contribution is 2.47. The summed E-state index contributed by atoms with van der Waals surface area (Å²) in [4.78, 5) is 27.2. The van der Waals surface area contributed by atoms with Gasteiger partial charge in [-0.25, -0.2) is 13.7 Å². The molecule has 0 radical (unpaired) electrons. The van der Waals surface area contributed by atoms with E-state index in [9.17, 15) is 13.7 Å². The maximum atomic E-state index is 11.3. The SMILES string of the molecule is COP(=O)(O)OCC(COP(=O)(O)OC)OP(=O)(O)OC. The first kappa shape index (κ1) is 21.3. The van der Waals surface area contributed by atoms with E-state index in [1.54, 1.807) is 0 Å². The van der Waals surface area contributed by atoms with Crippen molar-refractivity contribution in [1.29, 1.82) is 0 Å². The van der Waals surface area contributed by atoms with Crippen molar-refractivity contribution in [3.05, 3.63) is 0 Å². The summed E-state index contributed by atoms with van der Waals surface area (Å²) in [6.07, 6.45) is -1.49. The van der Waals surface area contributed by atoms with E-state index in [2.05, 4.69) is 27.1 Å². The van der Waals surface area contributed by atoms with Crippen molar-refractivity contribution in [2.45, 2.75) is 6.10 Å². The third kappa shape index (κ3) is 9.85. The van der Waals surface area contributed by atoms with Gasteiger partial charge in [0.25, 0.3) is 0 Å². The smallest absolute Gasteiger partial charge is 0.303 e. The molecule has 15 heteroatoms. The molecule has 0 bridgehead atoms. The molecule has 0 aromatic rings. The van der Waals surface area contributed by atoms with E-state index in [1.807, 2.05) is 0 Å². The molecule has 0 amide bonds. The second-order valence-electron chi connectivity index (χ2n) is 3.27. The molecule has 0 saturated heterocycles. The van der Waals surface area contributed by atoms with Gasteiger partial charge in [0.2, 0.25) is 0 Å². The van der Waals surface area contributed by atoms with Crippen LogP contribution >= 0.6 is 23.5 Å². The highest BCUT2D eigenvalue weighted by atomic mass is 31.2. The molecule has 0 aliphatic carbocycles. The van der Waals surface area contributed by atoms with Crippen molar-refractivity contribution in [2.24, 2.45) is 0 Å².